The summed E-state index contributed by atoms with van der Waals surface area (Å²) in [7, 11) is 0. The lowest BCUT2D eigenvalue weighted by molar-refractivity contribution is 0.0702. The summed E-state index contributed by atoms with van der Waals surface area (Å²) in [5, 5.41) is 10.8. The van der Waals surface area contributed by atoms with Gasteiger partial charge in [-0.3, -0.25) is 0 Å². The van der Waals surface area contributed by atoms with E-state index in [4.69, 9.17) is 25.9 Å². The molecule has 1 aromatic carbocycles. The van der Waals surface area contributed by atoms with Crippen LogP contribution in [0.15, 0.2) is 75.4 Å². The normalized spacial score (nSPS) is 18.5. The Labute approximate surface area is 207 Å². The van der Waals surface area contributed by atoms with Crippen LogP contribution in [-0.4, -0.2) is 23.4 Å². The molecule has 1 unspecified atom stereocenters. The second-order valence-electron chi connectivity index (χ2n) is 8.73. The molecule has 1 aliphatic carbocycles. The standard InChI is InChI=1S/C26H27ClO4S2/c1-26(2,18-6-4-3-5-7-18)19-12-24(31-14-19)32-16-21-17(8-10-22(21)27)13-30-15-20-9-11-23(33-20)25(28)29/h3-7,9-12,14,17,21H,8,13,15-16H2,1-2H3,(H,28,29)/t17-,21?/m1/s1. The van der Waals surface area contributed by atoms with Gasteiger partial charge >= 0.3 is 5.97 Å². The molecule has 0 fully saturated rings. The van der Waals surface area contributed by atoms with Gasteiger partial charge in [0.2, 0.25) is 0 Å². The zero-order valence-corrected chi connectivity index (χ0v) is 21.0. The molecule has 0 amide bonds. The number of thiophene rings is 1. The minimum absolute atomic E-state index is 0.132. The van der Waals surface area contributed by atoms with Gasteiger partial charge in [-0.05, 0) is 36.1 Å². The lowest BCUT2D eigenvalue weighted by atomic mass is 9.79. The quantitative estimate of drug-likeness (QED) is 0.292. The molecule has 2 atom stereocenters. The van der Waals surface area contributed by atoms with E-state index in [9.17, 15) is 4.79 Å². The molecule has 4 nitrogen and oxygen atoms in total. The maximum absolute atomic E-state index is 11.0. The second kappa shape index (κ2) is 10.5. The number of carboxylic acid groups (broad SMARTS) is 1. The van der Waals surface area contributed by atoms with Crippen LogP contribution in [0.5, 0.6) is 0 Å². The number of carboxylic acids is 1. The van der Waals surface area contributed by atoms with Gasteiger partial charge in [0, 0.05) is 32.6 Å². The Kier molecular flexibility index (Phi) is 7.69. The third-order valence-corrected chi connectivity index (χ3v) is 8.69. The molecule has 174 valence electrons. The van der Waals surface area contributed by atoms with E-state index >= 15 is 0 Å². The average molecular weight is 503 g/mol. The number of rotatable bonds is 10. The molecule has 7 heteroatoms. The number of ether oxygens (including phenoxy) is 1. The summed E-state index contributed by atoms with van der Waals surface area (Å²) < 4.78 is 11.8. The summed E-state index contributed by atoms with van der Waals surface area (Å²) in [6.07, 6.45) is 4.83. The van der Waals surface area contributed by atoms with Crippen LogP contribution < -0.4 is 0 Å². The van der Waals surface area contributed by atoms with Gasteiger partial charge in [-0.15, -0.1) is 11.3 Å². The highest BCUT2D eigenvalue weighted by Gasteiger charge is 2.30. The number of hydrogen-bond acceptors (Lipinski definition) is 5. The van der Waals surface area contributed by atoms with Crippen molar-refractivity contribution in [1.82, 2.24) is 0 Å². The molecule has 0 spiro atoms. The molecular weight excluding hydrogens is 476 g/mol. The molecule has 2 aromatic heterocycles. The van der Waals surface area contributed by atoms with Gasteiger partial charge in [0.05, 0.1) is 19.5 Å². The van der Waals surface area contributed by atoms with Crippen LogP contribution in [0.3, 0.4) is 0 Å². The number of furan rings is 1. The van der Waals surface area contributed by atoms with Crippen LogP contribution in [0.25, 0.3) is 0 Å². The Hall–Kier alpha value is -1.99. The predicted molar refractivity (Wildman–Crippen MR) is 134 cm³/mol. The van der Waals surface area contributed by atoms with Crippen molar-refractivity contribution in [3.05, 3.63) is 86.8 Å². The molecular formula is C26H27ClO4S2. The SMILES string of the molecule is CC(C)(c1ccccc1)c1coc(SCC2C(Cl)=CC[C@@H]2COCc2ccc(C(=O)O)s2)c1. The first-order valence-electron chi connectivity index (χ1n) is 10.9. The Morgan fingerprint density at radius 1 is 1.24 bits per heavy atom. The van der Waals surface area contributed by atoms with Crippen LogP contribution >= 0.6 is 34.7 Å². The van der Waals surface area contributed by atoms with Crippen molar-refractivity contribution in [2.45, 2.75) is 37.4 Å². The van der Waals surface area contributed by atoms with Gasteiger partial charge < -0.3 is 14.3 Å². The summed E-state index contributed by atoms with van der Waals surface area (Å²) in [5.74, 6) is 0.442. The number of aromatic carboxylic acids is 1. The fraction of sp³-hybridized carbons (Fsp3) is 0.346. The second-order valence-corrected chi connectivity index (χ2v) is 11.4. The van der Waals surface area contributed by atoms with E-state index in [1.807, 2.05) is 18.4 Å². The Balaban J connectivity index is 1.31. The summed E-state index contributed by atoms with van der Waals surface area (Å²) >= 11 is 9.47. The van der Waals surface area contributed by atoms with E-state index in [1.165, 1.54) is 16.9 Å². The van der Waals surface area contributed by atoms with Gasteiger partial charge in [0.25, 0.3) is 0 Å². The van der Waals surface area contributed by atoms with E-state index in [2.05, 4.69) is 50.3 Å². The zero-order valence-electron chi connectivity index (χ0n) is 18.6. The van der Waals surface area contributed by atoms with Crippen LogP contribution in [0.4, 0.5) is 0 Å². The number of benzene rings is 1. The highest BCUT2D eigenvalue weighted by molar-refractivity contribution is 7.99. The molecule has 0 radical (unpaired) electrons. The van der Waals surface area contributed by atoms with Crippen LogP contribution in [-0.2, 0) is 16.8 Å². The molecule has 0 bridgehead atoms. The third-order valence-electron chi connectivity index (χ3n) is 6.19. The molecule has 1 N–H and O–H groups in total. The number of thioether (sulfide) groups is 1. The van der Waals surface area contributed by atoms with E-state index in [1.54, 1.807) is 17.8 Å². The predicted octanol–water partition coefficient (Wildman–Crippen LogP) is 7.43. The van der Waals surface area contributed by atoms with Crippen LogP contribution in [0.2, 0.25) is 0 Å². The molecule has 3 aromatic rings. The van der Waals surface area contributed by atoms with E-state index < -0.39 is 5.97 Å². The van der Waals surface area contributed by atoms with Gasteiger partial charge in [0.15, 0.2) is 5.09 Å². The summed E-state index contributed by atoms with van der Waals surface area (Å²) in [5.41, 5.74) is 2.27. The minimum Gasteiger partial charge on any atom is -0.477 e. The topological polar surface area (TPSA) is 59.7 Å². The van der Waals surface area contributed by atoms with Crippen molar-refractivity contribution in [3.8, 4) is 0 Å². The Morgan fingerprint density at radius 3 is 2.76 bits per heavy atom. The van der Waals surface area contributed by atoms with Crippen molar-refractivity contribution in [1.29, 1.82) is 0 Å². The highest BCUT2D eigenvalue weighted by atomic mass is 35.5. The maximum atomic E-state index is 11.0. The lowest BCUT2D eigenvalue weighted by Gasteiger charge is -2.23. The largest absolute Gasteiger partial charge is 0.477 e. The Morgan fingerprint density at radius 2 is 2.03 bits per heavy atom. The molecule has 2 heterocycles. The number of halogens is 1. The average Bonchev–Trinajstić information content (AvgIpc) is 3.54. The number of carbonyl (C=O) groups is 1. The van der Waals surface area contributed by atoms with E-state index in [0.717, 1.165) is 32.7 Å². The fourth-order valence-electron chi connectivity index (χ4n) is 4.00. The first-order valence-corrected chi connectivity index (χ1v) is 13.0. The molecule has 0 aliphatic heterocycles. The molecule has 0 saturated heterocycles. The fourth-order valence-corrected chi connectivity index (χ4v) is 6.34. The van der Waals surface area contributed by atoms with Gasteiger partial charge in [-0.1, -0.05) is 73.6 Å². The lowest BCUT2D eigenvalue weighted by Crippen LogP contribution is -2.18. The highest BCUT2D eigenvalue weighted by Crippen LogP contribution is 2.40. The smallest absolute Gasteiger partial charge is 0.345 e. The first kappa shape index (κ1) is 24.1. The third kappa shape index (κ3) is 5.75. The number of hydrogen-bond donors (Lipinski definition) is 1. The van der Waals surface area contributed by atoms with Crippen molar-refractivity contribution < 1.29 is 19.1 Å². The van der Waals surface area contributed by atoms with Crippen molar-refractivity contribution in [2.24, 2.45) is 11.8 Å². The molecule has 33 heavy (non-hydrogen) atoms. The monoisotopic (exact) mass is 502 g/mol. The first-order chi connectivity index (χ1) is 15.8. The maximum Gasteiger partial charge on any atom is 0.345 e. The van der Waals surface area contributed by atoms with Crippen molar-refractivity contribution in [2.75, 3.05) is 12.4 Å². The summed E-state index contributed by atoms with van der Waals surface area (Å²) in [4.78, 5) is 12.3. The van der Waals surface area contributed by atoms with Gasteiger partial charge in [-0.25, -0.2) is 4.79 Å². The molecule has 1 aliphatic rings. The van der Waals surface area contributed by atoms with Crippen molar-refractivity contribution in [3.63, 3.8) is 0 Å². The number of allylic oxidation sites excluding steroid dienone is 2. The van der Waals surface area contributed by atoms with Gasteiger partial charge in [0.1, 0.15) is 4.88 Å². The van der Waals surface area contributed by atoms with Gasteiger partial charge in [-0.2, -0.15) is 0 Å². The van der Waals surface area contributed by atoms with Crippen LogP contribution in [0.1, 0.15) is 45.9 Å². The minimum atomic E-state index is -0.900. The Bertz CT molecular complexity index is 1120. The zero-order chi connectivity index (χ0) is 23.4. The molecule has 0 saturated carbocycles. The summed E-state index contributed by atoms with van der Waals surface area (Å²) in [6.45, 7) is 5.42. The summed E-state index contributed by atoms with van der Waals surface area (Å²) in [6, 6.07) is 16.0. The van der Waals surface area contributed by atoms with Crippen molar-refractivity contribution >= 4 is 40.7 Å². The van der Waals surface area contributed by atoms with Crippen LogP contribution in [0, 0.1) is 11.8 Å². The van der Waals surface area contributed by atoms with E-state index in [0.29, 0.717) is 24.0 Å². The molecule has 4 rings (SSSR count). The van der Waals surface area contributed by atoms with E-state index in [-0.39, 0.29) is 11.3 Å².